The SMILES string of the molecule is O=C(COc1ccc(C=Nc2ccc(Cl)c(Cl)c2)cc1)NCCc1ccccc1. The molecule has 0 aromatic heterocycles. The molecule has 0 aliphatic carbocycles. The van der Waals surface area contributed by atoms with Gasteiger partial charge in [0.15, 0.2) is 6.61 Å². The zero-order chi connectivity index (χ0) is 20.5. The van der Waals surface area contributed by atoms with Gasteiger partial charge in [-0.25, -0.2) is 0 Å². The lowest BCUT2D eigenvalue weighted by molar-refractivity contribution is -0.123. The molecule has 0 bridgehead atoms. The molecule has 0 saturated heterocycles. The van der Waals surface area contributed by atoms with Gasteiger partial charge in [0.1, 0.15) is 5.75 Å². The number of amides is 1. The zero-order valence-corrected chi connectivity index (χ0v) is 17.2. The average Bonchev–Trinajstić information content (AvgIpc) is 2.74. The summed E-state index contributed by atoms with van der Waals surface area (Å²) in [7, 11) is 0. The molecule has 1 N–H and O–H groups in total. The molecule has 0 unspecified atom stereocenters. The molecule has 0 saturated carbocycles. The number of hydrogen-bond donors (Lipinski definition) is 1. The molecule has 0 aliphatic heterocycles. The molecule has 0 aliphatic rings. The van der Waals surface area contributed by atoms with Crippen molar-refractivity contribution in [1.29, 1.82) is 0 Å². The number of nitrogens with zero attached hydrogens (tertiary/aromatic N) is 1. The van der Waals surface area contributed by atoms with Crippen LogP contribution in [0.4, 0.5) is 5.69 Å². The normalized spacial score (nSPS) is 10.8. The molecule has 3 aromatic carbocycles. The van der Waals surface area contributed by atoms with Crippen molar-refractivity contribution in [3.8, 4) is 5.75 Å². The second-order valence-electron chi connectivity index (χ2n) is 6.30. The van der Waals surface area contributed by atoms with Gasteiger partial charge < -0.3 is 10.1 Å². The molecule has 0 atom stereocenters. The van der Waals surface area contributed by atoms with Crippen molar-refractivity contribution >= 4 is 41.0 Å². The monoisotopic (exact) mass is 426 g/mol. The van der Waals surface area contributed by atoms with E-state index in [0.29, 0.717) is 28.0 Å². The molecule has 0 radical (unpaired) electrons. The van der Waals surface area contributed by atoms with Crippen molar-refractivity contribution in [2.75, 3.05) is 13.2 Å². The second kappa shape index (κ2) is 10.6. The highest BCUT2D eigenvalue weighted by molar-refractivity contribution is 6.42. The molecule has 0 fully saturated rings. The van der Waals surface area contributed by atoms with Gasteiger partial charge in [-0.15, -0.1) is 0 Å². The summed E-state index contributed by atoms with van der Waals surface area (Å²) >= 11 is 11.9. The standard InChI is InChI=1S/C23H20Cl2N2O2/c24-21-11-8-19(14-22(21)25)27-15-18-6-9-20(10-7-18)29-16-23(28)26-13-12-17-4-2-1-3-5-17/h1-11,14-15H,12-13,16H2,(H,26,28). The Bertz CT molecular complexity index is 974. The van der Waals surface area contributed by atoms with Crippen LogP contribution in [0.3, 0.4) is 0 Å². The number of ether oxygens (including phenoxy) is 1. The molecule has 3 rings (SSSR count). The van der Waals surface area contributed by atoms with Crippen LogP contribution in [0.15, 0.2) is 77.8 Å². The number of rotatable bonds is 8. The second-order valence-corrected chi connectivity index (χ2v) is 7.11. The van der Waals surface area contributed by atoms with Gasteiger partial charge in [0, 0.05) is 12.8 Å². The topological polar surface area (TPSA) is 50.7 Å². The third-order valence-corrected chi connectivity index (χ3v) is 4.83. The maximum atomic E-state index is 11.9. The van der Waals surface area contributed by atoms with E-state index < -0.39 is 0 Å². The summed E-state index contributed by atoms with van der Waals surface area (Å²) in [6.07, 6.45) is 2.51. The number of aliphatic imine (C=N–C) groups is 1. The Kier molecular flexibility index (Phi) is 7.68. The van der Waals surface area contributed by atoms with E-state index in [1.807, 2.05) is 42.5 Å². The summed E-state index contributed by atoms with van der Waals surface area (Å²) in [5, 5.41) is 3.82. The van der Waals surface area contributed by atoms with E-state index in [4.69, 9.17) is 27.9 Å². The Morgan fingerprint density at radius 1 is 0.966 bits per heavy atom. The van der Waals surface area contributed by atoms with Gasteiger partial charge >= 0.3 is 0 Å². The van der Waals surface area contributed by atoms with Crippen LogP contribution in [0.5, 0.6) is 5.75 Å². The molecule has 0 spiro atoms. The number of nitrogens with one attached hydrogen (secondary N) is 1. The molecule has 1 amide bonds. The van der Waals surface area contributed by atoms with Crippen LogP contribution in [0.2, 0.25) is 10.0 Å². The van der Waals surface area contributed by atoms with Crippen molar-refractivity contribution < 1.29 is 9.53 Å². The van der Waals surface area contributed by atoms with E-state index in [1.165, 1.54) is 5.56 Å². The minimum absolute atomic E-state index is 0.0223. The van der Waals surface area contributed by atoms with Gasteiger partial charge in [0.25, 0.3) is 5.91 Å². The minimum Gasteiger partial charge on any atom is -0.484 e. The van der Waals surface area contributed by atoms with E-state index in [9.17, 15) is 4.79 Å². The average molecular weight is 427 g/mol. The third-order valence-electron chi connectivity index (χ3n) is 4.09. The Morgan fingerprint density at radius 3 is 2.45 bits per heavy atom. The molecule has 6 heteroatoms. The maximum absolute atomic E-state index is 11.9. The predicted octanol–water partition coefficient (Wildman–Crippen LogP) is 5.48. The maximum Gasteiger partial charge on any atom is 0.257 e. The fourth-order valence-electron chi connectivity index (χ4n) is 2.56. The summed E-state index contributed by atoms with van der Waals surface area (Å²) in [6, 6.07) is 22.5. The minimum atomic E-state index is -0.147. The summed E-state index contributed by atoms with van der Waals surface area (Å²) in [4.78, 5) is 16.3. The van der Waals surface area contributed by atoms with Crippen LogP contribution in [-0.4, -0.2) is 25.3 Å². The van der Waals surface area contributed by atoms with Gasteiger partial charge in [-0.1, -0.05) is 53.5 Å². The molecular weight excluding hydrogens is 407 g/mol. The number of carbonyl (C=O) groups is 1. The highest BCUT2D eigenvalue weighted by atomic mass is 35.5. The number of halogens is 2. The lowest BCUT2D eigenvalue weighted by Crippen LogP contribution is -2.30. The highest BCUT2D eigenvalue weighted by Gasteiger charge is 2.03. The van der Waals surface area contributed by atoms with Crippen LogP contribution in [-0.2, 0) is 11.2 Å². The van der Waals surface area contributed by atoms with Crippen LogP contribution in [0.25, 0.3) is 0 Å². The first-order valence-corrected chi connectivity index (χ1v) is 9.88. The van der Waals surface area contributed by atoms with Gasteiger partial charge in [0.05, 0.1) is 15.7 Å². The van der Waals surface area contributed by atoms with Gasteiger partial charge in [0.2, 0.25) is 0 Å². The molecule has 4 nitrogen and oxygen atoms in total. The molecule has 29 heavy (non-hydrogen) atoms. The first kappa shape index (κ1) is 20.9. The smallest absolute Gasteiger partial charge is 0.257 e. The summed E-state index contributed by atoms with van der Waals surface area (Å²) in [5.74, 6) is 0.473. The van der Waals surface area contributed by atoms with Crippen LogP contribution >= 0.6 is 23.2 Å². The Labute approximate surface area is 180 Å². The van der Waals surface area contributed by atoms with Crippen molar-refractivity contribution in [1.82, 2.24) is 5.32 Å². The van der Waals surface area contributed by atoms with Gasteiger partial charge in [-0.2, -0.15) is 0 Å². The summed E-state index contributed by atoms with van der Waals surface area (Å²) < 4.78 is 5.53. The third kappa shape index (κ3) is 6.93. The Hall–Kier alpha value is -2.82. The lowest BCUT2D eigenvalue weighted by Gasteiger charge is -2.08. The lowest BCUT2D eigenvalue weighted by atomic mass is 10.1. The first-order chi connectivity index (χ1) is 14.1. The van der Waals surface area contributed by atoms with Crippen LogP contribution < -0.4 is 10.1 Å². The van der Waals surface area contributed by atoms with E-state index in [2.05, 4.69) is 10.3 Å². The molecule has 3 aromatic rings. The van der Waals surface area contributed by atoms with Crippen LogP contribution in [0, 0.1) is 0 Å². The number of carbonyl (C=O) groups excluding carboxylic acids is 1. The van der Waals surface area contributed by atoms with Gasteiger partial charge in [-0.3, -0.25) is 9.79 Å². The molecular formula is C23H20Cl2N2O2. The molecule has 148 valence electrons. The summed E-state index contributed by atoms with van der Waals surface area (Å²) in [5.41, 5.74) is 2.80. The van der Waals surface area contributed by atoms with Crippen molar-refractivity contribution in [3.63, 3.8) is 0 Å². The van der Waals surface area contributed by atoms with Crippen molar-refractivity contribution in [3.05, 3.63) is 94.0 Å². The van der Waals surface area contributed by atoms with E-state index in [0.717, 1.165) is 12.0 Å². The van der Waals surface area contributed by atoms with E-state index in [1.54, 1.807) is 36.5 Å². The summed E-state index contributed by atoms with van der Waals surface area (Å²) in [6.45, 7) is 0.557. The Morgan fingerprint density at radius 2 is 1.72 bits per heavy atom. The zero-order valence-electron chi connectivity index (χ0n) is 15.6. The Balaban J connectivity index is 1.43. The van der Waals surface area contributed by atoms with Crippen molar-refractivity contribution in [2.24, 2.45) is 4.99 Å². The van der Waals surface area contributed by atoms with Crippen LogP contribution in [0.1, 0.15) is 11.1 Å². The fraction of sp³-hybridized carbons (Fsp3) is 0.130. The van der Waals surface area contributed by atoms with Crippen molar-refractivity contribution in [2.45, 2.75) is 6.42 Å². The van der Waals surface area contributed by atoms with E-state index in [-0.39, 0.29) is 12.5 Å². The first-order valence-electron chi connectivity index (χ1n) is 9.13. The van der Waals surface area contributed by atoms with Gasteiger partial charge in [-0.05, 0) is 60.0 Å². The quantitative estimate of drug-likeness (QED) is 0.484. The fourth-order valence-corrected chi connectivity index (χ4v) is 2.85. The highest BCUT2D eigenvalue weighted by Crippen LogP contribution is 2.26. The largest absolute Gasteiger partial charge is 0.484 e. The number of benzene rings is 3. The number of hydrogen-bond acceptors (Lipinski definition) is 3. The predicted molar refractivity (Wildman–Crippen MR) is 119 cm³/mol. The molecule has 0 heterocycles. The van der Waals surface area contributed by atoms with E-state index >= 15 is 0 Å².